The zero-order valence-corrected chi connectivity index (χ0v) is 20.2. The summed E-state index contributed by atoms with van der Waals surface area (Å²) in [7, 11) is -2.00. The number of nitrogens with zero attached hydrogens (tertiary/aromatic N) is 1. The molecule has 2 heterocycles. The van der Waals surface area contributed by atoms with Gasteiger partial charge in [-0.15, -0.1) is 0 Å². The van der Waals surface area contributed by atoms with E-state index in [2.05, 4.69) is 22.0 Å². The van der Waals surface area contributed by atoms with Crippen LogP contribution in [0.1, 0.15) is 34.7 Å². The van der Waals surface area contributed by atoms with Gasteiger partial charge in [-0.25, -0.2) is 8.42 Å². The summed E-state index contributed by atoms with van der Waals surface area (Å²) in [5.41, 5.74) is 3.31. The molecule has 1 aliphatic heterocycles. The van der Waals surface area contributed by atoms with Gasteiger partial charge in [0.15, 0.2) is 0 Å². The van der Waals surface area contributed by atoms with Crippen molar-refractivity contribution in [2.75, 3.05) is 24.9 Å². The fourth-order valence-corrected chi connectivity index (χ4v) is 5.74. The van der Waals surface area contributed by atoms with Crippen LogP contribution < -0.4 is 9.46 Å². The normalized spacial score (nSPS) is 14.7. The summed E-state index contributed by atoms with van der Waals surface area (Å²) in [6.45, 7) is 1.34. The summed E-state index contributed by atoms with van der Waals surface area (Å²) in [5, 5.41) is 1.17. The monoisotopic (exact) mass is 489 g/mol. The largest absolute Gasteiger partial charge is 0.497 e. The number of piperidine rings is 1. The Morgan fingerprint density at radius 3 is 2.40 bits per heavy atom. The van der Waals surface area contributed by atoms with Crippen molar-refractivity contribution >= 4 is 32.5 Å². The number of H-pyrrole nitrogens is 1. The zero-order valence-electron chi connectivity index (χ0n) is 19.4. The maximum atomic E-state index is 13.1. The van der Waals surface area contributed by atoms with E-state index in [0.29, 0.717) is 30.3 Å². The Bertz CT molecular complexity index is 1440. The smallest absolute Gasteiger partial charge is 0.261 e. The van der Waals surface area contributed by atoms with E-state index in [1.54, 1.807) is 49.6 Å². The minimum absolute atomic E-state index is 0.0403. The number of methoxy groups -OCH3 is 1. The van der Waals surface area contributed by atoms with Crippen molar-refractivity contribution in [2.45, 2.75) is 23.7 Å². The average molecular weight is 490 g/mol. The van der Waals surface area contributed by atoms with Crippen LogP contribution >= 0.6 is 0 Å². The molecule has 0 saturated carbocycles. The second kappa shape index (κ2) is 9.46. The summed E-state index contributed by atoms with van der Waals surface area (Å²) >= 11 is 0. The van der Waals surface area contributed by atoms with Gasteiger partial charge in [0.2, 0.25) is 0 Å². The molecule has 0 unspecified atom stereocenters. The molecular formula is C27H27N3O4S. The number of benzene rings is 3. The highest BCUT2D eigenvalue weighted by molar-refractivity contribution is 7.92. The molecular weight excluding hydrogens is 462 g/mol. The third-order valence-corrected chi connectivity index (χ3v) is 7.98. The van der Waals surface area contributed by atoms with Crippen LogP contribution in [0.2, 0.25) is 0 Å². The number of amides is 1. The maximum absolute atomic E-state index is 13.1. The van der Waals surface area contributed by atoms with Crippen molar-refractivity contribution in [1.82, 2.24) is 9.88 Å². The van der Waals surface area contributed by atoms with Gasteiger partial charge in [0.05, 0.1) is 12.0 Å². The van der Waals surface area contributed by atoms with E-state index in [1.807, 2.05) is 17.0 Å². The Kier molecular flexibility index (Phi) is 6.21. The van der Waals surface area contributed by atoms with Gasteiger partial charge in [-0.2, -0.15) is 0 Å². The van der Waals surface area contributed by atoms with Gasteiger partial charge < -0.3 is 14.6 Å². The summed E-state index contributed by atoms with van der Waals surface area (Å²) in [5.74, 6) is 1.16. The molecule has 1 fully saturated rings. The van der Waals surface area contributed by atoms with Gasteiger partial charge in [-0.1, -0.05) is 18.2 Å². The molecule has 0 spiro atoms. The number of fused-ring (bicyclic) bond motifs is 1. The molecule has 180 valence electrons. The first kappa shape index (κ1) is 23.0. The topological polar surface area (TPSA) is 91.5 Å². The highest BCUT2D eigenvalue weighted by Crippen LogP contribution is 2.35. The first-order chi connectivity index (χ1) is 16.9. The zero-order chi connectivity index (χ0) is 24.4. The van der Waals surface area contributed by atoms with Crippen molar-refractivity contribution < 1.29 is 17.9 Å². The number of aromatic nitrogens is 1. The molecule has 4 aromatic rings. The van der Waals surface area contributed by atoms with Crippen LogP contribution in [0, 0.1) is 0 Å². The SMILES string of the molecule is COc1ccc2[nH]cc(C3CCN(C(=O)c4ccc(NS(=O)(=O)c5ccccc5)cc4)CC3)c2c1. The van der Waals surface area contributed by atoms with Crippen molar-refractivity contribution in [3.63, 3.8) is 0 Å². The third-order valence-electron chi connectivity index (χ3n) is 6.58. The van der Waals surface area contributed by atoms with Crippen LogP contribution in [-0.4, -0.2) is 44.4 Å². The second-order valence-corrected chi connectivity index (χ2v) is 10.4. The molecule has 3 aromatic carbocycles. The number of ether oxygens (including phenoxy) is 1. The summed E-state index contributed by atoms with van der Waals surface area (Å²) in [6, 6.07) is 20.8. The molecule has 1 amide bonds. The number of hydrogen-bond acceptors (Lipinski definition) is 4. The van der Waals surface area contributed by atoms with E-state index in [-0.39, 0.29) is 10.8 Å². The van der Waals surface area contributed by atoms with Crippen molar-refractivity contribution in [2.24, 2.45) is 0 Å². The van der Waals surface area contributed by atoms with Crippen molar-refractivity contribution in [3.05, 3.63) is 90.1 Å². The number of aromatic amines is 1. The number of carbonyl (C=O) groups excluding carboxylic acids is 1. The molecule has 1 aliphatic rings. The fraction of sp³-hybridized carbons (Fsp3) is 0.222. The lowest BCUT2D eigenvalue weighted by atomic mass is 9.89. The Hall–Kier alpha value is -3.78. The quantitative estimate of drug-likeness (QED) is 0.399. The maximum Gasteiger partial charge on any atom is 0.261 e. The van der Waals surface area contributed by atoms with Crippen molar-refractivity contribution in [3.8, 4) is 5.75 Å². The van der Waals surface area contributed by atoms with E-state index in [0.717, 1.165) is 24.1 Å². The average Bonchev–Trinajstić information content (AvgIpc) is 3.32. The van der Waals surface area contributed by atoms with Gasteiger partial charge in [0.25, 0.3) is 15.9 Å². The minimum Gasteiger partial charge on any atom is -0.497 e. The Balaban J connectivity index is 1.23. The minimum atomic E-state index is -3.67. The Labute approximate surface area is 204 Å². The molecule has 0 radical (unpaired) electrons. The van der Waals surface area contributed by atoms with Gasteiger partial charge in [0.1, 0.15) is 5.75 Å². The number of sulfonamides is 1. The van der Waals surface area contributed by atoms with E-state index in [9.17, 15) is 13.2 Å². The first-order valence-electron chi connectivity index (χ1n) is 11.6. The van der Waals surface area contributed by atoms with Crippen LogP contribution in [0.4, 0.5) is 5.69 Å². The number of rotatable bonds is 6. The van der Waals surface area contributed by atoms with E-state index < -0.39 is 10.0 Å². The van der Waals surface area contributed by atoms with Crippen LogP contribution in [0.15, 0.2) is 83.9 Å². The molecule has 2 N–H and O–H groups in total. The van der Waals surface area contributed by atoms with E-state index in [1.165, 1.54) is 23.1 Å². The van der Waals surface area contributed by atoms with Gasteiger partial charge in [0, 0.05) is 41.4 Å². The molecule has 5 rings (SSSR count). The Morgan fingerprint density at radius 2 is 1.71 bits per heavy atom. The number of hydrogen-bond donors (Lipinski definition) is 2. The highest BCUT2D eigenvalue weighted by Gasteiger charge is 2.26. The lowest BCUT2D eigenvalue weighted by Crippen LogP contribution is -2.37. The van der Waals surface area contributed by atoms with Crippen LogP contribution in [-0.2, 0) is 10.0 Å². The third kappa shape index (κ3) is 4.74. The molecule has 8 heteroatoms. The predicted molar refractivity (Wildman–Crippen MR) is 136 cm³/mol. The van der Waals surface area contributed by atoms with Crippen LogP contribution in [0.5, 0.6) is 5.75 Å². The van der Waals surface area contributed by atoms with Gasteiger partial charge >= 0.3 is 0 Å². The van der Waals surface area contributed by atoms with Gasteiger partial charge in [-0.3, -0.25) is 9.52 Å². The standard InChI is InChI=1S/C27H27N3O4S/c1-34-22-11-12-26-24(17-22)25(18-28-26)19-13-15-30(16-14-19)27(31)20-7-9-21(10-8-20)29-35(32,33)23-5-3-2-4-6-23/h2-12,17-19,28-29H,13-16H2,1H3. The molecule has 0 aliphatic carbocycles. The van der Waals surface area contributed by atoms with E-state index in [4.69, 9.17) is 4.74 Å². The molecule has 7 nitrogen and oxygen atoms in total. The number of likely N-dealkylation sites (tertiary alicyclic amines) is 1. The summed E-state index contributed by atoms with van der Waals surface area (Å²) in [4.78, 5) is 18.5. The summed E-state index contributed by atoms with van der Waals surface area (Å²) < 4.78 is 33.0. The number of carbonyl (C=O) groups is 1. The number of nitrogens with one attached hydrogen (secondary N) is 2. The second-order valence-electron chi connectivity index (χ2n) is 8.72. The van der Waals surface area contributed by atoms with Crippen molar-refractivity contribution in [1.29, 1.82) is 0 Å². The van der Waals surface area contributed by atoms with Crippen LogP contribution in [0.3, 0.4) is 0 Å². The fourth-order valence-electron chi connectivity index (χ4n) is 4.66. The lowest BCUT2D eigenvalue weighted by Gasteiger charge is -2.32. The predicted octanol–water partition coefficient (Wildman–Crippen LogP) is 5.00. The highest BCUT2D eigenvalue weighted by atomic mass is 32.2. The van der Waals surface area contributed by atoms with E-state index >= 15 is 0 Å². The molecule has 0 atom stereocenters. The molecule has 1 aromatic heterocycles. The molecule has 35 heavy (non-hydrogen) atoms. The first-order valence-corrected chi connectivity index (χ1v) is 13.0. The van der Waals surface area contributed by atoms with Gasteiger partial charge in [-0.05, 0) is 78.9 Å². The number of anilines is 1. The summed E-state index contributed by atoms with van der Waals surface area (Å²) in [6.07, 6.45) is 3.83. The Morgan fingerprint density at radius 1 is 1.00 bits per heavy atom. The molecule has 0 bridgehead atoms. The lowest BCUT2D eigenvalue weighted by molar-refractivity contribution is 0.0713. The molecule has 1 saturated heterocycles. The van der Waals surface area contributed by atoms with Crippen LogP contribution in [0.25, 0.3) is 10.9 Å².